The summed E-state index contributed by atoms with van der Waals surface area (Å²) in [5.74, 6) is -2.98. The first-order valence-electron chi connectivity index (χ1n) is 8.01. The van der Waals surface area contributed by atoms with Gasteiger partial charge in [-0.1, -0.05) is 0 Å². The van der Waals surface area contributed by atoms with Crippen molar-refractivity contribution in [2.75, 3.05) is 17.2 Å². The predicted molar refractivity (Wildman–Crippen MR) is 94.4 cm³/mol. The van der Waals surface area contributed by atoms with Crippen molar-refractivity contribution in [2.24, 2.45) is 5.73 Å². The molecule has 0 unspecified atom stereocenters. The number of hydrogen-bond donors (Lipinski definition) is 6. The molecule has 1 saturated heterocycles. The van der Waals surface area contributed by atoms with Gasteiger partial charge in [-0.15, -0.1) is 0 Å². The number of aromatic nitrogens is 4. The van der Waals surface area contributed by atoms with Crippen molar-refractivity contribution in [2.45, 2.75) is 36.7 Å². The van der Waals surface area contributed by atoms with E-state index in [0.717, 1.165) is 0 Å². The number of nitrogens with two attached hydrogens (primary N) is 2. The van der Waals surface area contributed by atoms with Crippen LogP contribution in [0.1, 0.15) is 12.6 Å². The van der Waals surface area contributed by atoms with Crippen LogP contribution in [0.3, 0.4) is 0 Å². The summed E-state index contributed by atoms with van der Waals surface area (Å²) in [6.45, 7) is 0. The highest BCUT2D eigenvalue weighted by atomic mass is 32.2. The van der Waals surface area contributed by atoms with Gasteiger partial charge in [0.15, 0.2) is 23.8 Å². The molecule has 0 aliphatic carbocycles. The molecule has 0 spiro atoms. The number of carboxylic acids is 1. The van der Waals surface area contributed by atoms with Gasteiger partial charge < -0.3 is 36.6 Å². The van der Waals surface area contributed by atoms with Gasteiger partial charge in [0.2, 0.25) is 5.79 Å². The first-order valence-corrected chi connectivity index (χ1v) is 9.16. The van der Waals surface area contributed by atoms with E-state index in [2.05, 4.69) is 15.0 Å². The summed E-state index contributed by atoms with van der Waals surface area (Å²) in [5.41, 5.74) is 11.7. The molecule has 1 fully saturated rings. The number of nitrogen functional groups attached to an aromatic ring is 1. The van der Waals surface area contributed by atoms with Gasteiger partial charge in [-0.2, -0.15) is 11.8 Å². The number of aliphatic carboxylic acids is 1. The number of thioether (sulfide) groups is 1. The monoisotopic (exact) mass is 400 g/mol. The molecular formula is C14H20N6O6S. The lowest BCUT2D eigenvalue weighted by atomic mass is 10.1. The maximum absolute atomic E-state index is 10.7. The molecule has 1 aliphatic rings. The first kappa shape index (κ1) is 19.7. The van der Waals surface area contributed by atoms with Crippen molar-refractivity contribution in [3.05, 3.63) is 12.7 Å². The van der Waals surface area contributed by atoms with Crippen LogP contribution in [0.2, 0.25) is 0 Å². The Kier molecular flexibility index (Phi) is 5.50. The first-order chi connectivity index (χ1) is 12.7. The van der Waals surface area contributed by atoms with Gasteiger partial charge in [0.1, 0.15) is 24.0 Å². The lowest BCUT2D eigenvalue weighted by Crippen LogP contribution is -2.48. The van der Waals surface area contributed by atoms with Crippen molar-refractivity contribution in [1.82, 2.24) is 19.5 Å². The lowest BCUT2D eigenvalue weighted by molar-refractivity contribution is -0.225. The van der Waals surface area contributed by atoms with Crippen LogP contribution in [0.5, 0.6) is 0 Å². The molecule has 12 nitrogen and oxygen atoms in total. The maximum Gasteiger partial charge on any atom is 0.320 e. The third kappa shape index (κ3) is 3.69. The summed E-state index contributed by atoms with van der Waals surface area (Å²) < 4.78 is 6.99. The molecule has 0 bridgehead atoms. The van der Waals surface area contributed by atoms with E-state index < -0.39 is 36.2 Å². The minimum Gasteiger partial charge on any atom is -0.480 e. The fraction of sp³-hybridized carbons (Fsp3) is 0.571. The Bertz CT molecular complexity index is 832. The zero-order chi connectivity index (χ0) is 19.8. The molecule has 8 N–H and O–H groups in total. The number of carboxylic acid groups (broad SMARTS) is 1. The van der Waals surface area contributed by atoms with Crippen LogP contribution in [0.25, 0.3) is 11.2 Å². The number of imidazole rings is 1. The number of ether oxygens (including phenoxy) is 1. The molecule has 148 valence electrons. The van der Waals surface area contributed by atoms with Gasteiger partial charge in [0, 0.05) is 5.75 Å². The summed E-state index contributed by atoms with van der Waals surface area (Å²) >= 11 is 1.24. The Balaban J connectivity index is 1.70. The van der Waals surface area contributed by atoms with Gasteiger partial charge in [-0.3, -0.25) is 9.36 Å². The molecule has 3 heterocycles. The number of carbonyl (C=O) groups is 1. The van der Waals surface area contributed by atoms with Crippen LogP contribution < -0.4 is 11.5 Å². The smallest absolute Gasteiger partial charge is 0.320 e. The van der Waals surface area contributed by atoms with Crippen LogP contribution >= 0.6 is 11.8 Å². The van der Waals surface area contributed by atoms with E-state index in [0.29, 0.717) is 11.3 Å². The van der Waals surface area contributed by atoms with Crippen LogP contribution in [-0.4, -0.2) is 81.5 Å². The van der Waals surface area contributed by atoms with Crippen LogP contribution in [0.4, 0.5) is 5.82 Å². The van der Waals surface area contributed by atoms with E-state index in [1.165, 1.54) is 29.0 Å². The fourth-order valence-corrected chi connectivity index (χ4v) is 3.83. The molecule has 0 aromatic carbocycles. The Hall–Kier alpha value is -2.03. The van der Waals surface area contributed by atoms with E-state index in [4.69, 9.17) is 21.3 Å². The Morgan fingerprint density at radius 1 is 1.41 bits per heavy atom. The van der Waals surface area contributed by atoms with E-state index in [1.54, 1.807) is 0 Å². The molecule has 2 aromatic heterocycles. The van der Waals surface area contributed by atoms with Crippen molar-refractivity contribution in [1.29, 1.82) is 0 Å². The molecule has 13 heteroatoms. The molecule has 3 rings (SSSR count). The van der Waals surface area contributed by atoms with Crippen molar-refractivity contribution in [3.8, 4) is 0 Å². The minimum absolute atomic E-state index is 0.108. The number of fused-ring (bicyclic) bond motifs is 1. The predicted octanol–water partition coefficient (Wildman–Crippen LogP) is -2.12. The molecular weight excluding hydrogens is 380 g/mol. The summed E-state index contributed by atoms with van der Waals surface area (Å²) in [5, 5.41) is 39.7. The summed E-state index contributed by atoms with van der Waals surface area (Å²) in [6.07, 6.45) is -1.18. The number of hydrogen-bond acceptors (Lipinski definition) is 11. The number of anilines is 1. The summed E-state index contributed by atoms with van der Waals surface area (Å²) in [6, 6.07) is -0.990. The second-order valence-electron chi connectivity index (χ2n) is 6.13. The quantitative estimate of drug-likeness (QED) is 0.218. The zero-order valence-corrected chi connectivity index (χ0v) is 14.9. The molecule has 27 heavy (non-hydrogen) atoms. The normalized spacial score (nSPS) is 25.7. The standard InChI is InChI=1S/C14H20N6O6S/c15-6(13(22)23)1-2-27-3-7-14(24,25)9(21)12(26-7)20-5-19-8-10(16)17-4-18-11(8)20/h4-7,9,12,21,24-25H,1-3,15H2,(H,22,23)(H2,16,17,18)/t6-,7+,9-,12+/m0/s1. The van der Waals surface area contributed by atoms with Crippen LogP contribution in [-0.2, 0) is 9.53 Å². The third-order valence-electron chi connectivity index (χ3n) is 4.30. The third-order valence-corrected chi connectivity index (χ3v) is 5.37. The van der Waals surface area contributed by atoms with E-state index >= 15 is 0 Å². The molecule has 1 aliphatic heterocycles. The molecule has 2 aromatic rings. The largest absolute Gasteiger partial charge is 0.480 e. The number of aliphatic hydroxyl groups excluding tert-OH is 1. The van der Waals surface area contributed by atoms with Crippen molar-refractivity contribution >= 4 is 34.7 Å². The number of aliphatic hydroxyl groups is 3. The number of nitrogens with zero attached hydrogens (tertiary/aromatic N) is 4. The second kappa shape index (κ2) is 7.53. The zero-order valence-electron chi connectivity index (χ0n) is 14.0. The lowest BCUT2D eigenvalue weighted by Gasteiger charge is -2.24. The van der Waals surface area contributed by atoms with Gasteiger partial charge in [-0.05, 0) is 12.2 Å². The van der Waals surface area contributed by atoms with Gasteiger partial charge in [-0.25, -0.2) is 15.0 Å². The van der Waals surface area contributed by atoms with Gasteiger partial charge in [0.05, 0.1) is 6.33 Å². The Morgan fingerprint density at radius 2 is 2.15 bits per heavy atom. The van der Waals surface area contributed by atoms with Crippen molar-refractivity contribution in [3.63, 3.8) is 0 Å². The molecule has 0 saturated carbocycles. The highest BCUT2D eigenvalue weighted by molar-refractivity contribution is 7.99. The van der Waals surface area contributed by atoms with Gasteiger partial charge in [0.25, 0.3) is 0 Å². The van der Waals surface area contributed by atoms with Crippen LogP contribution in [0, 0.1) is 0 Å². The van der Waals surface area contributed by atoms with E-state index in [9.17, 15) is 20.1 Å². The molecule has 4 atom stereocenters. The number of rotatable bonds is 7. The summed E-state index contributed by atoms with van der Waals surface area (Å²) in [4.78, 5) is 22.6. The average Bonchev–Trinajstić information content (AvgIpc) is 3.13. The second-order valence-corrected chi connectivity index (χ2v) is 7.28. The van der Waals surface area contributed by atoms with E-state index in [1.807, 2.05) is 0 Å². The molecule has 0 radical (unpaired) electrons. The fourth-order valence-electron chi connectivity index (χ4n) is 2.70. The maximum atomic E-state index is 10.7. The molecule has 0 amide bonds. The van der Waals surface area contributed by atoms with Gasteiger partial charge >= 0.3 is 5.97 Å². The topological polar surface area (TPSA) is 203 Å². The summed E-state index contributed by atoms with van der Waals surface area (Å²) in [7, 11) is 0. The highest BCUT2D eigenvalue weighted by Gasteiger charge is 2.55. The highest BCUT2D eigenvalue weighted by Crippen LogP contribution is 2.38. The minimum atomic E-state index is -2.51. The van der Waals surface area contributed by atoms with Crippen molar-refractivity contribution < 1.29 is 30.0 Å². The SMILES string of the molecule is Nc1ncnc2c1ncn2[C@@H]1O[C@H](CSCC[C@H](N)C(=O)O)C(O)(O)[C@H]1O. The Morgan fingerprint density at radius 3 is 2.85 bits per heavy atom. The van der Waals surface area contributed by atoms with Crippen LogP contribution in [0.15, 0.2) is 12.7 Å². The average molecular weight is 400 g/mol. The Labute approximate surface area is 157 Å². The van der Waals surface area contributed by atoms with E-state index in [-0.39, 0.29) is 23.6 Å².